The molecule has 1 aliphatic carbocycles. The van der Waals surface area contributed by atoms with Crippen molar-refractivity contribution in [1.29, 1.82) is 0 Å². The normalized spacial score (nSPS) is 19.6. The molecule has 2 fully saturated rings. The van der Waals surface area contributed by atoms with Crippen molar-refractivity contribution in [1.82, 2.24) is 29.7 Å². The number of methoxy groups -OCH3 is 1. The molecular weight excluding hydrogens is 1190 g/mol. The van der Waals surface area contributed by atoms with E-state index in [2.05, 4.69) is 21.8 Å². The number of thiophene rings is 1. The van der Waals surface area contributed by atoms with Crippen molar-refractivity contribution in [2.45, 2.75) is 103 Å². The number of ether oxygens (including phenoxy) is 11. The summed E-state index contributed by atoms with van der Waals surface area (Å²) in [5, 5.41) is 1.10. The molecule has 18 nitrogen and oxygen atoms in total. The van der Waals surface area contributed by atoms with Gasteiger partial charge in [-0.1, -0.05) is 35.3 Å². The van der Waals surface area contributed by atoms with Crippen LogP contribution in [0.3, 0.4) is 0 Å². The van der Waals surface area contributed by atoms with Crippen LogP contribution >= 0.6 is 34.5 Å². The molecule has 3 aromatic heterocycles. The minimum atomic E-state index is -1.47. The largest absolute Gasteiger partial charge is 0.490 e. The molecule has 4 aliphatic rings. The first-order chi connectivity index (χ1) is 42.0. The van der Waals surface area contributed by atoms with E-state index in [1.807, 2.05) is 26.0 Å². The maximum atomic E-state index is 16.1. The summed E-state index contributed by atoms with van der Waals surface area (Å²) in [4.78, 5) is 39.6. The van der Waals surface area contributed by atoms with Crippen molar-refractivity contribution < 1.29 is 65.7 Å². The fourth-order valence-corrected chi connectivity index (χ4v) is 12.4. The Balaban J connectivity index is 0.932. The number of halogens is 4. The van der Waals surface area contributed by atoms with E-state index in [0.29, 0.717) is 174 Å². The van der Waals surface area contributed by atoms with Crippen molar-refractivity contribution >= 4 is 50.7 Å². The summed E-state index contributed by atoms with van der Waals surface area (Å²) in [6.07, 6.45) is 2.88. The van der Waals surface area contributed by atoms with Crippen molar-refractivity contribution in [2.24, 2.45) is 0 Å². The highest BCUT2D eigenvalue weighted by atomic mass is 35.5. The van der Waals surface area contributed by atoms with E-state index >= 15 is 4.39 Å². The van der Waals surface area contributed by atoms with E-state index in [1.165, 1.54) is 29.8 Å². The predicted octanol–water partition coefficient (Wildman–Crippen LogP) is 11.3. The third-order valence-corrected chi connectivity index (χ3v) is 17.4. The lowest BCUT2D eigenvalue weighted by molar-refractivity contribution is -0.163. The Morgan fingerprint density at radius 2 is 1.45 bits per heavy atom. The van der Waals surface area contributed by atoms with Crippen LogP contribution in [0.2, 0.25) is 10.0 Å². The Morgan fingerprint density at radius 3 is 2.09 bits per heavy atom. The minimum Gasteiger partial charge on any atom is -0.490 e. The Bertz CT molecular complexity index is 3190. The van der Waals surface area contributed by atoms with Gasteiger partial charge in [0.15, 0.2) is 5.75 Å². The summed E-state index contributed by atoms with van der Waals surface area (Å²) in [5.74, 6) is 0.829. The van der Waals surface area contributed by atoms with Gasteiger partial charge in [0.1, 0.15) is 64.9 Å². The molecule has 6 aromatic rings. The number of piperazine rings is 1. The van der Waals surface area contributed by atoms with Crippen molar-refractivity contribution in [2.75, 3.05) is 126 Å². The molecule has 3 aromatic carbocycles. The molecule has 87 heavy (non-hydrogen) atoms. The first-order valence-electron chi connectivity index (χ1n) is 29.7. The number of carbonyl (C=O) groups excluding carboxylic acids is 1. The molecule has 3 aliphatic heterocycles. The summed E-state index contributed by atoms with van der Waals surface area (Å²) in [7, 11) is 3.74. The lowest BCUT2D eigenvalue weighted by Gasteiger charge is -2.35. The number of nitrogens with zero attached hydrogens (tertiary/aromatic N) is 6. The SMILES string of the molecule is COCCOCCOCCOCCOCCOCC1(F)CCC(c2nccc(COc3ccc4cc3C[C@H](C(=O)OC(C)(C)C)Oc3ncnc5sc(-c6ccc(F)cc6)c(c35)-c3c(C)c(Cl)c(c(Cl)c3C)O[C@H](CN3CCN(C)CC3)CO4)n2)CC1. The Hall–Kier alpha value is -5.43. The highest BCUT2D eigenvalue weighted by molar-refractivity contribution is 7.22. The number of alkyl halides is 1. The number of rotatable bonds is 25. The Morgan fingerprint density at radius 1 is 0.805 bits per heavy atom. The van der Waals surface area contributed by atoms with Gasteiger partial charge in [-0.3, -0.25) is 4.90 Å². The van der Waals surface area contributed by atoms with E-state index in [9.17, 15) is 9.18 Å². The summed E-state index contributed by atoms with van der Waals surface area (Å²) in [6, 6.07) is 13.4. The Kier molecular flexibility index (Phi) is 23.8. The number of hydrogen-bond acceptors (Lipinski definition) is 19. The highest BCUT2D eigenvalue weighted by Gasteiger charge is 2.38. The third-order valence-electron chi connectivity index (χ3n) is 15.4. The molecule has 6 heterocycles. The molecular formula is C64H80Cl2F2N6O12S. The van der Waals surface area contributed by atoms with Crippen LogP contribution in [-0.4, -0.2) is 185 Å². The van der Waals surface area contributed by atoms with Gasteiger partial charge in [-0.15, -0.1) is 11.3 Å². The van der Waals surface area contributed by atoms with Crippen LogP contribution < -0.4 is 18.9 Å². The van der Waals surface area contributed by atoms with Crippen molar-refractivity contribution in [3.8, 4) is 44.7 Å². The van der Waals surface area contributed by atoms with Crippen molar-refractivity contribution in [3.05, 3.63) is 105 Å². The number of hydrogen-bond donors (Lipinski definition) is 0. The summed E-state index contributed by atoms with van der Waals surface area (Å²) in [5.41, 5.74) is 2.14. The molecule has 0 spiro atoms. The monoisotopic (exact) mass is 1260 g/mol. The van der Waals surface area contributed by atoms with E-state index in [0.717, 1.165) is 31.1 Å². The maximum absolute atomic E-state index is 16.1. The molecule has 4 bridgehead atoms. The first kappa shape index (κ1) is 66.0. The van der Waals surface area contributed by atoms with Crippen LogP contribution in [0.25, 0.3) is 31.8 Å². The van der Waals surface area contributed by atoms with Crippen LogP contribution in [-0.2, 0) is 51.0 Å². The molecule has 1 saturated carbocycles. The fourth-order valence-electron chi connectivity index (χ4n) is 10.7. The van der Waals surface area contributed by atoms with Gasteiger partial charge < -0.3 is 57.0 Å². The standard InChI is InChI=1S/C64H80Cl2F2N6O12S/c1-41-52-42(2)56(66)57(55(41)65)84-49(36-74-22-20-73(6)21-23-74)38-82-48-12-13-50(45(34-48)35-51(62(75)86-63(3,4)5)85-60-54-53(52)58(87-61(54)71-40-70-60)43-8-10-46(67)11-9-43)83-37-47-16-19-69-59(72-47)44-14-17-64(68,18-15-44)39-81-33-32-80-31-30-79-29-28-78-27-26-77-25-24-76-7/h8-13,16,19,34,40,44,49,51H,14-15,17-18,20-33,35-39H2,1-7H3/t44?,49-,51-,64?/m1/s1. The number of fused-ring (bicyclic) bond motifs is 7. The van der Waals surface area contributed by atoms with E-state index < -0.39 is 35.3 Å². The minimum absolute atomic E-state index is 0.0220. The Labute approximate surface area is 522 Å². The van der Waals surface area contributed by atoms with Crippen LogP contribution in [0.5, 0.6) is 23.1 Å². The van der Waals surface area contributed by atoms with Gasteiger partial charge in [-0.2, -0.15) is 0 Å². The van der Waals surface area contributed by atoms with E-state index in [1.54, 1.807) is 58.3 Å². The lowest BCUT2D eigenvalue weighted by atomic mass is 9.80. The van der Waals surface area contributed by atoms with Gasteiger partial charge in [0.05, 0.1) is 93.8 Å². The van der Waals surface area contributed by atoms with Gasteiger partial charge in [0.2, 0.25) is 12.0 Å². The second-order valence-corrected chi connectivity index (χ2v) is 24.9. The molecule has 0 N–H and O–H groups in total. The van der Waals surface area contributed by atoms with Crippen LogP contribution in [0.4, 0.5) is 8.78 Å². The second kappa shape index (κ2) is 31.3. The molecule has 10 rings (SSSR count). The van der Waals surface area contributed by atoms with Gasteiger partial charge in [-0.05, 0) is 126 Å². The lowest BCUT2D eigenvalue weighted by Crippen LogP contribution is -2.49. The molecule has 0 radical (unpaired) electrons. The average Bonchev–Trinajstić information content (AvgIpc) is 1.77. The van der Waals surface area contributed by atoms with Gasteiger partial charge in [0, 0.05) is 74.4 Å². The molecule has 0 unspecified atom stereocenters. The second-order valence-electron chi connectivity index (χ2n) is 23.1. The third kappa shape index (κ3) is 18.1. The first-order valence-corrected chi connectivity index (χ1v) is 31.3. The topological polar surface area (TPSA) is 177 Å². The molecule has 1 saturated heterocycles. The number of benzene rings is 3. The van der Waals surface area contributed by atoms with E-state index in [-0.39, 0.29) is 44.6 Å². The molecule has 2 atom stereocenters. The fraction of sp³-hybridized carbons (Fsp3) is 0.547. The van der Waals surface area contributed by atoms with Gasteiger partial charge in [-0.25, -0.2) is 33.5 Å². The predicted molar refractivity (Wildman–Crippen MR) is 329 cm³/mol. The maximum Gasteiger partial charge on any atom is 0.348 e. The molecule has 472 valence electrons. The molecule has 0 amide bonds. The quantitative estimate of drug-likeness (QED) is 0.0390. The zero-order chi connectivity index (χ0) is 61.5. The van der Waals surface area contributed by atoms with Crippen LogP contribution in [0, 0.1) is 19.7 Å². The number of carbonyl (C=O) groups is 1. The van der Waals surface area contributed by atoms with Crippen LogP contribution in [0.15, 0.2) is 61.1 Å². The highest BCUT2D eigenvalue weighted by Crippen LogP contribution is 2.53. The van der Waals surface area contributed by atoms with E-state index in [4.69, 9.17) is 90.3 Å². The summed E-state index contributed by atoms with van der Waals surface area (Å²) in [6.45, 7) is 17.6. The zero-order valence-electron chi connectivity index (χ0n) is 50.8. The number of esters is 1. The van der Waals surface area contributed by atoms with Gasteiger partial charge >= 0.3 is 5.97 Å². The van der Waals surface area contributed by atoms with Crippen molar-refractivity contribution in [3.63, 3.8) is 0 Å². The number of aromatic nitrogens is 4. The summed E-state index contributed by atoms with van der Waals surface area (Å²) >= 11 is 16.2. The zero-order valence-corrected chi connectivity index (χ0v) is 53.1. The molecule has 23 heteroatoms. The smallest absolute Gasteiger partial charge is 0.348 e. The van der Waals surface area contributed by atoms with Crippen LogP contribution in [0.1, 0.15) is 80.6 Å². The average molecular weight is 1270 g/mol. The number of likely N-dealkylation sites (N-methyl/N-ethyl adjacent to an activating group) is 1. The summed E-state index contributed by atoms with van der Waals surface area (Å²) < 4.78 is 96.6. The van der Waals surface area contributed by atoms with Gasteiger partial charge in [0.25, 0.3) is 0 Å².